The minimum Gasteiger partial charge on any atom is -0.494 e. The van der Waals surface area contributed by atoms with Crippen LogP contribution in [-0.4, -0.2) is 39.2 Å². The maximum atomic E-state index is 12.8. The zero-order valence-electron chi connectivity index (χ0n) is 19.2. The fraction of sp³-hybridized carbons (Fsp3) is 0.115. The first-order valence-electron chi connectivity index (χ1n) is 10.5. The summed E-state index contributed by atoms with van der Waals surface area (Å²) in [6.07, 6.45) is 6.32. The second kappa shape index (κ2) is 10.0. The van der Waals surface area contributed by atoms with Gasteiger partial charge in [-0.05, 0) is 36.4 Å². The standard InChI is InChI=1S/C26H22N2O7/c1-32-21-15-17(28-13-7-6-9-18(25(30)33-2)23(28)26(31)34-3)11-12-19(21)27-24(29)22-14-16-8-4-5-10-20(16)35-22/h4-15H,1-3H3,(H,27,29). The lowest BCUT2D eigenvalue weighted by atomic mass is 10.1. The van der Waals surface area contributed by atoms with Crippen LogP contribution in [0.3, 0.4) is 0 Å². The lowest BCUT2D eigenvalue weighted by Crippen LogP contribution is -2.27. The van der Waals surface area contributed by atoms with Crippen molar-refractivity contribution >= 4 is 40.2 Å². The van der Waals surface area contributed by atoms with Gasteiger partial charge < -0.3 is 28.8 Å². The summed E-state index contributed by atoms with van der Waals surface area (Å²) in [6, 6.07) is 13.9. The number of nitrogens with one attached hydrogen (secondary N) is 1. The first kappa shape index (κ1) is 23.4. The Kier molecular flexibility index (Phi) is 6.68. The Labute approximate surface area is 200 Å². The number of methoxy groups -OCH3 is 3. The predicted octanol–water partition coefficient (Wildman–Crippen LogP) is 4.18. The highest BCUT2D eigenvalue weighted by Crippen LogP contribution is 2.34. The highest BCUT2D eigenvalue weighted by Gasteiger charge is 2.28. The van der Waals surface area contributed by atoms with Gasteiger partial charge in [-0.1, -0.05) is 24.3 Å². The molecule has 0 radical (unpaired) electrons. The van der Waals surface area contributed by atoms with E-state index in [0.717, 1.165) is 5.39 Å². The zero-order chi connectivity index (χ0) is 24.9. The van der Waals surface area contributed by atoms with Crippen molar-refractivity contribution in [1.82, 2.24) is 0 Å². The van der Waals surface area contributed by atoms with E-state index >= 15 is 0 Å². The van der Waals surface area contributed by atoms with Gasteiger partial charge in [0, 0.05) is 23.3 Å². The summed E-state index contributed by atoms with van der Waals surface area (Å²) >= 11 is 0. The summed E-state index contributed by atoms with van der Waals surface area (Å²) in [6.45, 7) is 0. The average Bonchev–Trinajstić information content (AvgIpc) is 3.20. The van der Waals surface area contributed by atoms with E-state index in [1.807, 2.05) is 18.2 Å². The Hall–Kier alpha value is -4.79. The fourth-order valence-corrected chi connectivity index (χ4v) is 3.58. The van der Waals surface area contributed by atoms with Crippen LogP contribution in [0.15, 0.2) is 88.6 Å². The average molecular weight is 474 g/mol. The lowest BCUT2D eigenvalue weighted by molar-refractivity contribution is -0.139. The lowest BCUT2D eigenvalue weighted by Gasteiger charge is -2.24. The molecule has 2 aromatic carbocycles. The van der Waals surface area contributed by atoms with E-state index in [4.69, 9.17) is 18.6 Å². The van der Waals surface area contributed by atoms with Gasteiger partial charge in [0.2, 0.25) is 0 Å². The van der Waals surface area contributed by atoms with E-state index in [0.29, 0.717) is 22.7 Å². The van der Waals surface area contributed by atoms with Crippen LogP contribution in [0.1, 0.15) is 10.6 Å². The molecule has 1 aliphatic rings. The van der Waals surface area contributed by atoms with Gasteiger partial charge in [-0.15, -0.1) is 0 Å². The number of amides is 1. The number of fused-ring (bicyclic) bond motifs is 1. The molecule has 0 saturated carbocycles. The molecule has 2 heterocycles. The largest absolute Gasteiger partial charge is 0.494 e. The van der Waals surface area contributed by atoms with Crippen molar-refractivity contribution in [3.63, 3.8) is 0 Å². The molecule has 4 rings (SSSR count). The van der Waals surface area contributed by atoms with Crippen LogP contribution < -0.4 is 15.0 Å². The molecule has 178 valence electrons. The number of anilines is 2. The summed E-state index contributed by atoms with van der Waals surface area (Å²) in [5.74, 6) is -1.41. The molecular weight excluding hydrogens is 452 g/mol. The highest BCUT2D eigenvalue weighted by molar-refractivity contribution is 6.07. The summed E-state index contributed by atoms with van der Waals surface area (Å²) in [7, 11) is 3.90. The third-order valence-electron chi connectivity index (χ3n) is 5.25. The molecule has 35 heavy (non-hydrogen) atoms. The molecule has 1 N–H and O–H groups in total. The molecule has 0 aliphatic carbocycles. The van der Waals surface area contributed by atoms with Crippen LogP contribution in [0, 0.1) is 0 Å². The van der Waals surface area contributed by atoms with E-state index in [1.54, 1.807) is 48.7 Å². The molecule has 0 spiro atoms. The highest BCUT2D eigenvalue weighted by atomic mass is 16.5. The number of carbonyl (C=O) groups is 3. The number of allylic oxidation sites excluding steroid dienone is 2. The van der Waals surface area contributed by atoms with Crippen molar-refractivity contribution in [1.29, 1.82) is 0 Å². The summed E-state index contributed by atoms with van der Waals surface area (Å²) < 4.78 is 20.9. The van der Waals surface area contributed by atoms with Gasteiger partial charge in [-0.2, -0.15) is 0 Å². The Morgan fingerprint density at radius 2 is 1.69 bits per heavy atom. The number of furan rings is 1. The van der Waals surface area contributed by atoms with E-state index < -0.39 is 17.8 Å². The maximum Gasteiger partial charge on any atom is 0.355 e. The fourth-order valence-electron chi connectivity index (χ4n) is 3.58. The van der Waals surface area contributed by atoms with E-state index in [1.165, 1.54) is 32.3 Å². The van der Waals surface area contributed by atoms with Gasteiger partial charge >= 0.3 is 11.9 Å². The van der Waals surface area contributed by atoms with Crippen LogP contribution in [0.25, 0.3) is 11.0 Å². The Morgan fingerprint density at radius 1 is 0.914 bits per heavy atom. The first-order chi connectivity index (χ1) is 17.0. The third kappa shape index (κ3) is 4.65. The Bertz CT molecular complexity index is 1360. The monoisotopic (exact) mass is 474 g/mol. The van der Waals surface area contributed by atoms with E-state index in [9.17, 15) is 14.4 Å². The predicted molar refractivity (Wildman–Crippen MR) is 129 cm³/mol. The number of benzene rings is 2. The molecule has 3 aromatic rings. The number of esters is 2. The van der Waals surface area contributed by atoms with Crippen molar-refractivity contribution in [2.45, 2.75) is 0 Å². The number of hydrogen-bond acceptors (Lipinski definition) is 8. The number of para-hydroxylation sites is 1. The Balaban J connectivity index is 1.69. The van der Waals surface area contributed by atoms with Gasteiger partial charge in [0.25, 0.3) is 5.91 Å². The molecular formula is C26H22N2O7. The molecule has 0 saturated heterocycles. The van der Waals surface area contributed by atoms with Crippen molar-refractivity contribution in [2.75, 3.05) is 31.5 Å². The minimum absolute atomic E-state index is 0.0191. The van der Waals surface area contributed by atoms with Crippen LogP contribution in [0.2, 0.25) is 0 Å². The van der Waals surface area contributed by atoms with Crippen LogP contribution >= 0.6 is 0 Å². The number of hydrogen-bond donors (Lipinski definition) is 1. The van der Waals surface area contributed by atoms with Crippen LogP contribution in [-0.2, 0) is 19.1 Å². The number of ether oxygens (including phenoxy) is 3. The zero-order valence-corrected chi connectivity index (χ0v) is 19.2. The molecule has 0 fully saturated rings. The van der Waals surface area contributed by atoms with E-state index in [-0.39, 0.29) is 17.0 Å². The summed E-state index contributed by atoms with van der Waals surface area (Å²) in [5, 5.41) is 3.59. The van der Waals surface area contributed by atoms with Crippen molar-refractivity contribution in [3.05, 3.63) is 90.0 Å². The van der Waals surface area contributed by atoms with Crippen LogP contribution in [0.5, 0.6) is 5.75 Å². The first-order valence-corrected chi connectivity index (χ1v) is 10.5. The van der Waals surface area contributed by atoms with Crippen molar-refractivity contribution in [2.24, 2.45) is 0 Å². The van der Waals surface area contributed by atoms with E-state index in [2.05, 4.69) is 5.32 Å². The molecule has 0 bridgehead atoms. The Morgan fingerprint density at radius 3 is 2.40 bits per heavy atom. The normalized spacial score (nSPS) is 12.9. The molecule has 0 atom stereocenters. The maximum absolute atomic E-state index is 12.8. The van der Waals surface area contributed by atoms with Gasteiger partial charge in [-0.25, -0.2) is 9.59 Å². The molecule has 1 aliphatic heterocycles. The van der Waals surface area contributed by atoms with Gasteiger partial charge in [-0.3, -0.25) is 4.79 Å². The molecule has 9 nitrogen and oxygen atoms in total. The van der Waals surface area contributed by atoms with Gasteiger partial charge in [0.05, 0.1) is 32.6 Å². The molecule has 9 heteroatoms. The molecule has 1 amide bonds. The smallest absolute Gasteiger partial charge is 0.355 e. The third-order valence-corrected chi connectivity index (χ3v) is 5.25. The SMILES string of the molecule is COC(=O)C1=C(C(=O)OC)N(c2ccc(NC(=O)c3cc4ccccc4o3)c(OC)c2)C=CC=C1. The second-order valence-electron chi connectivity index (χ2n) is 7.30. The van der Waals surface area contributed by atoms with Crippen LogP contribution in [0.4, 0.5) is 11.4 Å². The summed E-state index contributed by atoms with van der Waals surface area (Å²) in [4.78, 5) is 39.3. The van der Waals surface area contributed by atoms with Crippen molar-refractivity contribution in [3.8, 4) is 5.75 Å². The second-order valence-corrected chi connectivity index (χ2v) is 7.30. The number of nitrogens with zero attached hydrogens (tertiary/aromatic N) is 1. The number of carbonyl (C=O) groups excluding carboxylic acids is 3. The number of rotatable bonds is 6. The molecule has 0 unspecified atom stereocenters. The van der Waals surface area contributed by atoms with Gasteiger partial charge in [0.1, 0.15) is 17.0 Å². The topological polar surface area (TPSA) is 107 Å². The van der Waals surface area contributed by atoms with Crippen molar-refractivity contribution < 1.29 is 33.0 Å². The summed E-state index contributed by atoms with van der Waals surface area (Å²) in [5.41, 5.74) is 1.45. The molecule has 1 aromatic heterocycles. The minimum atomic E-state index is -0.733. The quantitative estimate of drug-likeness (QED) is 0.530. The van der Waals surface area contributed by atoms with Gasteiger partial charge in [0.15, 0.2) is 5.76 Å².